The Kier molecular flexibility index (Phi) is 3.74. The zero-order valence-electron chi connectivity index (χ0n) is 9.67. The van der Waals surface area contributed by atoms with Gasteiger partial charge in [-0.1, -0.05) is 16.8 Å². The molecular weight excluding hydrogens is 252 g/mol. The summed E-state index contributed by atoms with van der Waals surface area (Å²) in [6.07, 6.45) is 3.53. The number of allylic oxidation sites excluding steroid dienone is 1. The van der Waals surface area contributed by atoms with Gasteiger partial charge in [-0.2, -0.15) is 4.98 Å². The highest BCUT2D eigenvalue weighted by Crippen LogP contribution is 2.09. The van der Waals surface area contributed by atoms with Crippen LogP contribution in [0.25, 0.3) is 0 Å². The minimum atomic E-state index is 0.568. The van der Waals surface area contributed by atoms with Crippen LogP contribution in [0.3, 0.4) is 0 Å². The predicted molar refractivity (Wildman–Crippen MR) is 70.6 cm³/mol. The van der Waals surface area contributed by atoms with E-state index in [2.05, 4.69) is 15.1 Å². The van der Waals surface area contributed by atoms with E-state index in [0.717, 1.165) is 16.4 Å². The summed E-state index contributed by atoms with van der Waals surface area (Å²) >= 11 is 5.56. The first-order valence-electron chi connectivity index (χ1n) is 5.21. The second kappa shape index (κ2) is 5.46. The molecule has 0 bridgehead atoms. The van der Waals surface area contributed by atoms with Gasteiger partial charge in [0.2, 0.25) is 11.7 Å². The van der Waals surface area contributed by atoms with Gasteiger partial charge < -0.3 is 10.3 Å². The molecule has 0 saturated carbocycles. The average Bonchev–Trinajstić information content (AvgIpc) is 2.68. The Balaban J connectivity index is 0.000000138. The molecule has 1 aliphatic rings. The number of rotatable bonds is 1. The second-order valence-corrected chi connectivity index (χ2v) is 3.96. The first-order valence-corrected chi connectivity index (χ1v) is 5.59. The van der Waals surface area contributed by atoms with Crippen molar-refractivity contribution in [1.82, 2.24) is 10.1 Å². The number of hydrogen-bond donors (Lipinski definition) is 1. The summed E-state index contributed by atoms with van der Waals surface area (Å²) in [5.41, 5.74) is 6.90. The quantitative estimate of drug-likeness (QED) is 0.802. The van der Waals surface area contributed by atoms with Crippen molar-refractivity contribution in [2.24, 2.45) is 4.99 Å². The Morgan fingerprint density at radius 2 is 1.89 bits per heavy atom. The van der Waals surface area contributed by atoms with Crippen LogP contribution in [0, 0.1) is 6.92 Å². The number of aromatic nitrogens is 2. The number of benzene rings is 1. The average molecular weight is 263 g/mol. The van der Waals surface area contributed by atoms with Gasteiger partial charge in [0.05, 0.1) is 0 Å². The molecule has 0 saturated heterocycles. The van der Waals surface area contributed by atoms with Gasteiger partial charge in [-0.05, 0) is 30.3 Å². The van der Waals surface area contributed by atoms with E-state index in [4.69, 9.17) is 21.9 Å². The summed E-state index contributed by atoms with van der Waals surface area (Å²) in [6, 6.07) is 7.05. The molecule has 1 aromatic carbocycles. The molecule has 0 aliphatic carbocycles. The highest BCUT2D eigenvalue weighted by molar-refractivity contribution is 6.30. The van der Waals surface area contributed by atoms with Gasteiger partial charge in [0.15, 0.2) is 0 Å². The van der Waals surface area contributed by atoms with Crippen molar-refractivity contribution >= 4 is 23.0 Å². The highest BCUT2D eigenvalue weighted by Gasteiger charge is 2.10. The summed E-state index contributed by atoms with van der Waals surface area (Å²) in [5, 5.41) is 4.39. The zero-order valence-corrected chi connectivity index (χ0v) is 10.4. The molecule has 0 radical (unpaired) electrons. The Labute approximate surface area is 109 Å². The van der Waals surface area contributed by atoms with Crippen molar-refractivity contribution in [2.45, 2.75) is 6.92 Å². The Bertz CT molecular complexity index is 565. The molecule has 0 fully saturated rings. The number of anilines is 1. The van der Waals surface area contributed by atoms with Gasteiger partial charge in [-0.15, -0.1) is 0 Å². The molecule has 5 nitrogen and oxygen atoms in total. The van der Waals surface area contributed by atoms with E-state index < -0.39 is 0 Å². The van der Waals surface area contributed by atoms with Crippen LogP contribution in [0.1, 0.15) is 11.7 Å². The number of nitrogens with two attached hydrogens (primary N) is 1. The molecule has 1 aliphatic heterocycles. The van der Waals surface area contributed by atoms with Gasteiger partial charge in [-0.25, -0.2) is 0 Å². The number of hydrogen-bond acceptors (Lipinski definition) is 5. The molecule has 6 heteroatoms. The van der Waals surface area contributed by atoms with Crippen LogP contribution in [-0.2, 0) is 0 Å². The number of aliphatic imine (C=N–C) groups is 1. The third-order valence-electron chi connectivity index (χ3n) is 2.07. The van der Waals surface area contributed by atoms with Crippen molar-refractivity contribution in [1.29, 1.82) is 0 Å². The number of halogens is 1. The minimum Gasteiger partial charge on any atom is -0.399 e. The Morgan fingerprint density at radius 3 is 2.28 bits per heavy atom. The van der Waals surface area contributed by atoms with Crippen molar-refractivity contribution in [3.63, 3.8) is 0 Å². The van der Waals surface area contributed by atoms with Crippen molar-refractivity contribution in [2.75, 3.05) is 5.73 Å². The maximum Gasteiger partial charge on any atom is 0.223 e. The second-order valence-electron chi connectivity index (χ2n) is 3.52. The summed E-state index contributed by atoms with van der Waals surface area (Å²) in [4.78, 5) is 7.88. The molecule has 2 N–H and O–H groups in total. The van der Waals surface area contributed by atoms with Gasteiger partial charge in [-0.3, -0.25) is 4.99 Å². The SMILES string of the molecule is Cc1nc(C2=NC=C2)no1.Nc1ccc(Cl)cc1. The lowest BCUT2D eigenvalue weighted by Crippen LogP contribution is -2.03. The fourth-order valence-electron chi connectivity index (χ4n) is 1.15. The Morgan fingerprint density at radius 1 is 1.22 bits per heavy atom. The number of aryl methyl sites for hydroxylation is 1. The molecule has 1 aromatic heterocycles. The lowest BCUT2D eigenvalue weighted by atomic mass is 10.3. The third-order valence-corrected chi connectivity index (χ3v) is 2.32. The van der Waals surface area contributed by atoms with Crippen LogP contribution >= 0.6 is 11.6 Å². The summed E-state index contributed by atoms with van der Waals surface area (Å²) in [5.74, 6) is 1.14. The first-order chi connectivity index (χ1) is 8.65. The fourth-order valence-corrected chi connectivity index (χ4v) is 1.27. The maximum atomic E-state index is 5.56. The first kappa shape index (κ1) is 12.3. The van der Waals surface area contributed by atoms with E-state index in [0.29, 0.717) is 11.7 Å². The molecule has 0 unspecified atom stereocenters. The van der Waals surface area contributed by atoms with E-state index in [9.17, 15) is 0 Å². The van der Waals surface area contributed by atoms with Crippen LogP contribution < -0.4 is 5.73 Å². The molecule has 2 heterocycles. The summed E-state index contributed by atoms with van der Waals surface area (Å²) in [6.45, 7) is 1.75. The molecule has 3 rings (SSSR count). The van der Waals surface area contributed by atoms with E-state index in [-0.39, 0.29) is 0 Å². The molecule has 18 heavy (non-hydrogen) atoms. The minimum absolute atomic E-state index is 0.568. The standard InChI is InChI=1S/C6H6ClN.C6H5N3O/c7-5-1-3-6(8)4-2-5;1-4-8-6(9-10-4)5-2-3-7-5/h1-4H,8H2;2-3H,1H3. The molecule has 0 spiro atoms. The van der Waals surface area contributed by atoms with Crippen LogP contribution in [0.4, 0.5) is 5.69 Å². The molecule has 92 valence electrons. The normalized spacial score (nSPS) is 12.2. The van der Waals surface area contributed by atoms with Gasteiger partial charge in [0.1, 0.15) is 5.71 Å². The lowest BCUT2D eigenvalue weighted by Gasteiger charge is -1.96. The Hall–Kier alpha value is -2.14. The van der Waals surface area contributed by atoms with Crippen LogP contribution in [0.2, 0.25) is 5.02 Å². The highest BCUT2D eigenvalue weighted by atomic mass is 35.5. The fraction of sp³-hybridized carbons (Fsp3) is 0.0833. The zero-order chi connectivity index (χ0) is 13.0. The largest absolute Gasteiger partial charge is 0.399 e. The smallest absolute Gasteiger partial charge is 0.223 e. The van der Waals surface area contributed by atoms with E-state index in [1.54, 1.807) is 37.4 Å². The summed E-state index contributed by atoms with van der Waals surface area (Å²) in [7, 11) is 0. The molecule has 2 aromatic rings. The van der Waals surface area contributed by atoms with Gasteiger partial charge >= 0.3 is 0 Å². The summed E-state index contributed by atoms with van der Waals surface area (Å²) < 4.78 is 4.75. The van der Waals surface area contributed by atoms with Crippen LogP contribution in [0.5, 0.6) is 0 Å². The van der Waals surface area contributed by atoms with Gasteiger partial charge in [0.25, 0.3) is 0 Å². The third kappa shape index (κ3) is 3.18. The molecular formula is C12H11ClN4O. The van der Waals surface area contributed by atoms with Gasteiger partial charge in [0, 0.05) is 23.8 Å². The predicted octanol–water partition coefficient (Wildman–Crippen LogP) is 2.62. The van der Waals surface area contributed by atoms with E-state index in [1.807, 2.05) is 6.08 Å². The number of nitrogens with zero attached hydrogens (tertiary/aromatic N) is 3. The maximum absolute atomic E-state index is 5.56. The lowest BCUT2D eigenvalue weighted by molar-refractivity contribution is 0.392. The van der Waals surface area contributed by atoms with Crippen molar-refractivity contribution in [3.8, 4) is 0 Å². The van der Waals surface area contributed by atoms with Crippen molar-refractivity contribution < 1.29 is 4.52 Å². The van der Waals surface area contributed by atoms with Crippen molar-refractivity contribution in [3.05, 3.63) is 53.3 Å². The monoisotopic (exact) mass is 262 g/mol. The molecule has 0 atom stereocenters. The van der Waals surface area contributed by atoms with E-state index >= 15 is 0 Å². The molecule has 0 amide bonds. The topological polar surface area (TPSA) is 77.3 Å². The van der Waals surface area contributed by atoms with Crippen LogP contribution in [0.15, 0.2) is 46.1 Å². The number of nitrogen functional groups attached to an aromatic ring is 1. The van der Waals surface area contributed by atoms with Crippen LogP contribution in [-0.4, -0.2) is 15.9 Å². The van der Waals surface area contributed by atoms with E-state index in [1.165, 1.54) is 0 Å².